The number of alkyl halides is 3. The highest BCUT2D eigenvalue weighted by Crippen LogP contribution is 2.17. The summed E-state index contributed by atoms with van der Waals surface area (Å²) in [5.74, 6) is -2.69. The van der Waals surface area contributed by atoms with Crippen molar-refractivity contribution >= 4 is 11.9 Å². The fourth-order valence-electron chi connectivity index (χ4n) is 0.870. The zero-order valence-electron chi connectivity index (χ0n) is 7.38. The maximum absolute atomic E-state index is 12.9. The Balaban J connectivity index is 2.84. The molecule has 0 amide bonds. The summed E-state index contributed by atoms with van der Waals surface area (Å²) < 4.78 is 48.2. The van der Waals surface area contributed by atoms with Crippen LogP contribution in [-0.4, -0.2) is 12.0 Å². The molecular formula is C10H6F4O. The average molecular weight is 218 g/mol. The number of hydrogen-bond acceptors (Lipinski definition) is 1. The van der Waals surface area contributed by atoms with Crippen LogP contribution in [0.25, 0.3) is 6.08 Å². The number of halogens is 4. The molecule has 80 valence electrons. The smallest absolute Gasteiger partial charge is 0.285 e. The molecule has 0 aromatic heterocycles. The minimum atomic E-state index is -4.91. The van der Waals surface area contributed by atoms with Gasteiger partial charge in [0.15, 0.2) is 0 Å². The molecule has 0 N–H and O–H groups in total. The maximum Gasteiger partial charge on any atom is 0.454 e. The van der Waals surface area contributed by atoms with Crippen LogP contribution in [0.4, 0.5) is 17.6 Å². The molecule has 0 saturated heterocycles. The minimum Gasteiger partial charge on any atom is -0.285 e. The molecule has 1 rings (SSSR count). The van der Waals surface area contributed by atoms with E-state index in [9.17, 15) is 22.4 Å². The summed E-state index contributed by atoms with van der Waals surface area (Å²) in [7, 11) is 0. The molecule has 0 fully saturated rings. The molecule has 0 spiro atoms. The molecule has 0 unspecified atom stereocenters. The van der Waals surface area contributed by atoms with Crippen molar-refractivity contribution in [3.63, 3.8) is 0 Å². The number of carbonyl (C=O) groups excluding carboxylic acids is 1. The standard InChI is InChI=1S/C10H6F4O/c11-8-4-2-1-3-7(8)5-6-9(15)10(12,13)14/h1-6H/b6-5+. The van der Waals surface area contributed by atoms with Crippen molar-refractivity contribution in [1.82, 2.24) is 0 Å². The molecule has 0 radical (unpaired) electrons. The van der Waals surface area contributed by atoms with Gasteiger partial charge >= 0.3 is 6.18 Å². The van der Waals surface area contributed by atoms with Crippen molar-refractivity contribution in [1.29, 1.82) is 0 Å². The first-order chi connectivity index (χ1) is 6.91. The second kappa shape index (κ2) is 4.25. The molecule has 1 nitrogen and oxygen atoms in total. The van der Waals surface area contributed by atoms with Gasteiger partial charge in [0.1, 0.15) is 5.82 Å². The lowest BCUT2D eigenvalue weighted by Crippen LogP contribution is -2.19. The van der Waals surface area contributed by atoms with E-state index >= 15 is 0 Å². The topological polar surface area (TPSA) is 17.1 Å². The summed E-state index contributed by atoms with van der Waals surface area (Å²) in [6.07, 6.45) is -3.81. The summed E-state index contributed by atoms with van der Waals surface area (Å²) in [6, 6.07) is 5.23. The monoisotopic (exact) mass is 218 g/mol. The Morgan fingerprint density at radius 3 is 2.33 bits per heavy atom. The zero-order valence-corrected chi connectivity index (χ0v) is 7.38. The predicted molar refractivity (Wildman–Crippen MR) is 46.5 cm³/mol. The number of rotatable bonds is 2. The predicted octanol–water partition coefficient (Wildman–Crippen LogP) is 2.97. The van der Waals surface area contributed by atoms with Crippen molar-refractivity contribution < 1.29 is 22.4 Å². The second-order valence-electron chi connectivity index (χ2n) is 2.72. The molecule has 0 saturated carbocycles. The quantitative estimate of drug-likeness (QED) is 0.551. The van der Waals surface area contributed by atoms with Gasteiger partial charge in [-0.25, -0.2) is 4.39 Å². The van der Waals surface area contributed by atoms with Gasteiger partial charge in [-0.15, -0.1) is 0 Å². The fraction of sp³-hybridized carbons (Fsp3) is 0.100. The van der Waals surface area contributed by atoms with Crippen LogP contribution in [0, 0.1) is 5.82 Å². The summed E-state index contributed by atoms with van der Waals surface area (Å²) in [6.45, 7) is 0. The van der Waals surface area contributed by atoms with Gasteiger partial charge in [-0.3, -0.25) is 4.79 Å². The van der Waals surface area contributed by atoms with Crippen LogP contribution in [0.3, 0.4) is 0 Å². The molecular weight excluding hydrogens is 212 g/mol. The van der Waals surface area contributed by atoms with Crippen LogP contribution in [0.2, 0.25) is 0 Å². The van der Waals surface area contributed by atoms with E-state index in [1.807, 2.05) is 0 Å². The number of hydrogen-bond donors (Lipinski definition) is 0. The van der Waals surface area contributed by atoms with Gasteiger partial charge in [0.25, 0.3) is 5.78 Å². The minimum absolute atomic E-state index is 0.0601. The van der Waals surface area contributed by atoms with E-state index in [4.69, 9.17) is 0 Å². The molecule has 1 aromatic carbocycles. The van der Waals surface area contributed by atoms with E-state index in [-0.39, 0.29) is 5.56 Å². The van der Waals surface area contributed by atoms with Crippen molar-refractivity contribution in [2.75, 3.05) is 0 Å². The number of ketones is 1. The van der Waals surface area contributed by atoms with Gasteiger partial charge in [-0.1, -0.05) is 18.2 Å². The fourth-order valence-corrected chi connectivity index (χ4v) is 0.870. The molecule has 0 aliphatic rings. The summed E-state index contributed by atoms with van der Waals surface area (Å²) in [5.41, 5.74) is -0.0601. The Morgan fingerprint density at radius 2 is 1.80 bits per heavy atom. The average Bonchev–Trinajstić information content (AvgIpc) is 2.14. The first-order valence-electron chi connectivity index (χ1n) is 3.95. The lowest BCUT2D eigenvalue weighted by molar-refractivity contribution is -0.165. The van der Waals surface area contributed by atoms with Crippen LogP contribution in [-0.2, 0) is 4.79 Å². The van der Waals surface area contributed by atoms with Gasteiger partial charge in [0.2, 0.25) is 0 Å². The maximum atomic E-state index is 12.9. The van der Waals surface area contributed by atoms with Gasteiger partial charge in [0.05, 0.1) is 0 Å². The summed E-state index contributed by atoms with van der Waals surface area (Å²) >= 11 is 0. The van der Waals surface area contributed by atoms with Gasteiger partial charge in [-0.2, -0.15) is 13.2 Å². The van der Waals surface area contributed by atoms with Crippen molar-refractivity contribution in [2.24, 2.45) is 0 Å². The molecule has 0 heterocycles. The normalized spacial score (nSPS) is 12.0. The van der Waals surface area contributed by atoms with Crippen molar-refractivity contribution in [3.8, 4) is 0 Å². The van der Waals surface area contributed by atoms with Crippen molar-refractivity contribution in [2.45, 2.75) is 6.18 Å². The van der Waals surface area contributed by atoms with Crippen LogP contribution in [0.15, 0.2) is 30.3 Å². The van der Waals surface area contributed by atoms with Gasteiger partial charge in [-0.05, 0) is 18.2 Å². The molecule has 0 bridgehead atoms. The van der Waals surface area contributed by atoms with Crippen molar-refractivity contribution in [3.05, 3.63) is 41.7 Å². The Bertz CT molecular complexity index is 393. The van der Waals surface area contributed by atoms with Crippen LogP contribution < -0.4 is 0 Å². The van der Waals surface area contributed by atoms with E-state index in [2.05, 4.69) is 0 Å². The highest BCUT2D eigenvalue weighted by atomic mass is 19.4. The lowest BCUT2D eigenvalue weighted by atomic mass is 10.2. The molecule has 0 aliphatic heterocycles. The van der Waals surface area contributed by atoms with Gasteiger partial charge < -0.3 is 0 Å². The van der Waals surface area contributed by atoms with E-state index in [1.165, 1.54) is 18.2 Å². The third-order valence-electron chi connectivity index (χ3n) is 1.60. The number of carbonyl (C=O) groups is 1. The third-order valence-corrected chi connectivity index (χ3v) is 1.60. The Hall–Kier alpha value is -1.65. The van der Waals surface area contributed by atoms with E-state index in [0.717, 1.165) is 12.1 Å². The molecule has 15 heavy (non-hydrogen) atoms. The Morgan fingerprint density at radius 1 is 1.20 bits per heavy atom. The van der Waals surface area contributed by atoms with E-state index in [1.54, 1.807) is 0 Å². The van der Waals surface area contributed by atoms with Gasteiger partial charge in [0, 0.05) is 5.56 Å². The van der Waals surface area contributed by atoms with Crippen LogP contribution in [0.5, 0.6) is 0 Å². The van der Waals surface area contributed by atoms with E-state index < -0.39 is 17.8 Å². The molecule has 1 aromatic rings. The highest BCUT2D eigenvalue weighted by molar-refractivity contribution is 5.97. The Kier molecular flexibility index (Phi) is 3.24. The second-order valence-corrected chi connectivity index (χ2v) is 2.72. The molecule has 5 heteroatoms. The SMILES string of the molecule is O=C(/C=C/c1ccccc1F)C(F)(F)F. The lowest BCUT2D eigenvalue weighted by Gasteiger charge is -1.99. The number of allylic oxidation sites excluding steroid dienone is 1. The Labute approximate surface area is 83.0 Å². The first kappa shape index (κ1) is 11.4. The number of benzene rings is 1. The van der Waals surface area contributed by atoms with E-state index in [0.29, 0.717) is 6.08 Å². The van der Waals surface area contributed by atoms with Crippen LogP contribution >= 0.6 is 0 Å². The molecule has 0 atom stereocenters. The summed E-state index contributed by atoms with van der Waals surface area (Å²) in [4.78, 5) is 10.4. The van der Waals surface area contributed by atoms with Crippen LogP contribution in [0.1, 0.15) is 5.56 Å². The molecule has 0 aliphatic carbocycles. The highest BCUT2D eigenvalue weighted by Gasteiger charge is 2.35. The zero-order chi connectivity index (χ0) is 11.5. The first-order valence-corrected chi connectivity index (χ1v) is 3.95. The third kappa shape index (κ3) is 3.19. The largest absolute Gasteiger partial charge is 0.454 e. The summed E-state index contributed by atoms with van der Waals surface area (Å²) in [5, 5.41) is 0.